The third kappa shape index (κ3) is 5.01. The molecule has 0 saturated heterocycles. The van der Waals surface area contributed by atoms with Crippen LogP contribution in [-0.4, -0.2) is 22.7 Å². The molecule has 3 N–H and O–H groups in total. The average Bonchev–Trinajstić information content (AvgIpc) is 2.70. The zero-order valence-electron chi connectivity index (χ0n) is 15.1. The Hall–Kier alpha value is -4.00. The van der Waals surface area contributed by atoms with Gasteiger partial charge in [0.25, 0.3) is 11.8 Å². The van der Waals surface area contributed by atoms with E-state index in [0.29, 0.717) is 28.2 Å². The molecule has 0 aliphatic carbocycles. The molecule has 0 fully saturated rings. The molecule has 0 atom stereocenters. The molecule has 3 aromatic rings. The molecule has 1 aromatic heterocycles. The predicted octanol–water partition coefficient (Wildman–Crippen LogP) is 3.54. The molecule has 3 rings (SSSR count). The largest absolute Gasteiger partial charge is 0.326 e. The summed E-state index contributed by atoms with van der Waals surface area (Å²) >= 11 is 0. The van der Waals surface area contributed by atoms with E-state index in [1.807, 2.05) is 0 Å². The number of anilines is 3. The summed E-state index contributed by atoms with van der Waals surface area (Å²) in [5, 5.41) is 8.18. The van der Waals surface area contributed by atoms with Gasteiger partial charge in [0.15, 0.2) is 0 Å². The number of rotatable bonds is 5. The lowest BCUT2D eigenvalue weighted by molar-refractivity contribution is -0.114. The van der Waals surface area contributed by atoms with Gasteiger partial charge in [0, 0.05) is 41.9 Å². The molecule has 0 saturated carbocycles. The number of pyridine rings is 1. The Balaban J connectivity index is 1.63. The first kappa shape index (κ1) is 18.8. The summed E-state index contributed by atoms with van der Waals surface area (Å²) in [6.07, 6.45) is 3.08. The highest BCUT2D eigenvalue weighted by Crippen LogP contribution is 2.17. The van der Waals surface area contributed by atoms with Crippen molar-refractivity contribution in [3.05, 3.63) is 84.2 Å². The van der Waals surface area contributed by atoms with Crippen molar-refractivity contribution in [2.75, 3.05) is 16.0 Å². The zero-order valence-corrected chi connectivity index (χ0v) is 15.1. The first-order valence-electron chi connectivity index (χ1n) is 8.52. The molecule has 0 aliphatic heterocycles. The summed E-state index contributed by atoms with van der Waals surface area (Å²) in [6, 6.07) is 16.8. The number of aromatic nitrogens is 1. The number of nitrogens with one attached hydrogen (secondary N) is 3. The summed E-state index contributed by atoms with van der Waals surface area (Å²) in [7, 11) is 0. The lowest BCUT2D eigenvalue weighted by atomic mass is 10.1. The topological polar surface area (TPSA) is 100 Å². The van der Waals surface area contributed by atoms with E-state index in [1.165, 1.54) is 13.1 Å². The van der Waals surface area contributed by atoms with Crippen molar-refractivity contribution in [2.45, 2.75) is 6.92 Å². The number of carbonyl (C=O) groups is 3. The second-order valence-corrected chi connectivity index (χ2v) is 5.99. The van der Waals surface area contributed by atoms with Gasteiger partial charge in [-0.15, -0.1) is 0 Å². The SMILES string of the molecule is CC(=O)Nc1cccc(C(=O)Nc2ccc(NC(=O)c3cccnc3)cc2)c1. The summed E-state index contributed by atoms with van der Waals surface area (Å²) < 4.78 is 0. The normalized spacial score (nSPS) is 10.0. The van der Waals surface area contributed by atoms with Gasteiger partial charge in [-0.05, 0) is 54.6 Å². The Morgan fingerprint density at radius 1 is 0.714 bits per heavy atom. The Morgan fingerprint density at radius 2 is 1.32 bits per heavy atom. The quantitative estimate of drug-likeness (QED) is 0.636. The van der Waals surface area contributed by atoms with Crippen molar-refractivity contribution in [3.63, 3.8) is 0 Å². The molecule has 3 amide bonds. The lowest BCUT2D eigenvalue weighted by Gasteiger charge is -2.09. The van der Waals surface area contributed by atoms with Crippen LogP contribution in [0.3, 0.4) is 0 Å². The van der Waals surface area contributed by atoms with Gasteiger partial charge in [-0.2, -0.15) is 0 Å². The van der Waals surface area contributed by atoms with Crippen LogP contribution >= 0.6 is 0 Å². The highest BCUT2D eigenvalue weighted by Gasteiger charge is 2.09. The minimum Gasteiger partial charge on any atom is -0.326 e. The Kier molecular flexibility index (Phi) is 5.76. The van der Waals surface area contributed by atoms with Crippen molar-refractivity contribution in [1.82, 2.24) is 4.98 Å². The van der Waals surface area contributed by atoms with E-state index in [0.717, 1.165) is 0 Å². The summed E-state index contributed by atoms with van der Waals surface area (Å²) in [6.45, 7) is 1.40. The number of hydrogen-bond acceptors (Lipinski definition) is 4. The number of benzene rings is 2. The minimum absolute atomic E-state index is 0.207. The number of nitrogens with zero attached hydrogens (tertiary/aromatic N) is 1. The maximum atomic E-state index is 12.4. The molecule has 0 spiro atoms. The third-order valence-corrected chi connectivity index (χ3v) is 3.77. The molecule has 28 heavy (non-hydrogen) atoms. The molecular weight excluding hydrogens is 356 g/mol. The van der Waals surface area contributed by atoms with Gasteiger partial charge in [0.2, 0.25) is 5.91 Å². The van der Waals surface area contributed by atoms with Crippen LogP contribution in [0.5, 0.6) is 0 Å². The lowest BCUT2D eigenvalue weighted by Crippen LogP contribution is -2.14. The van der Waals surface area contributed by atoms with Gasteiger partial charge in [0.05, 0.1) is 5.56 Å². The molecule has 0 unspecified atom stereocenters. The molecule has 0 radical (unpaired) electrons. The van der Waals surface area contributed by atoms with Crippen LogP contribution in [0.1, 0.15) is 27.6 Å². The first-order valence-corrected chi connectivity index (χ1v) is 8.52. The van der Waals surface area contributed by atoms with Gasteiger partial charge in [-0.3, -0.25) is 19.4 Å². The van der Waals surface area contributed by atoms with E-state index in [-0.39, 0.29) is 17.7 Å². The van der Waals surface area contributed by atoms with E-state index in [9.17, 15) is 14.4 Å². The minimum atomic E-state index is -0.306. The van der Waals surface area contributed by atoms with E-state index < -0.39 is 0 Å². The number of carbonyl (C=O) groups excluding carboxylic acids is 3. The average molecular weight is 374 g/mol. The zero-order chi connectivity index (χ0) is 19.9. The number of hydrogen-bond donors (Lipinski definition) is 3. The molecule has 1 heterocycles. The van der Waals surface area contributed by atoms with Crippen molar-refractivity contribution in [1.29, 1.82) is 0 Å². The third-order valence-electron chi connectivity index (χ3n) is 3.77. The maximum Gasteiger partial charge on any atom is 0.257 e. The van der Waals surface area contributed by atoms with Gasteiger partial charge >= 0.3 is 0 Å². The van der Waals surface area contributed by atoms with Gasteiger partial charge in [-0.1, -0.05) is 6.07 Å². The summed E-state index contributed by atoms with van der Waals surface area (Å²) in [5.41, 5.74) is 2.60. The molecule has 2 aromatic carbocycles. The predicted molar refractivity (Wildman–Crippen MR) is 107 cm³/mol. The molecular formula is C21H18N4O3. The standard InChI is InChI=1S/C21H18N4O3/c1-14(26)23-19-6-2-4-15(12-19)20(27)24-17-7-9-18(10-8-17)25-21(28)16-5-3-11-22-13-16/h2-13H,1H3,(H,23,26)(H,24,27)(H,25,28). The van der Waals surface area contributed by atoms with Gasteiger partial charge in [0.1, 0.15) is 0 Å². The monoisotopic (exact) mass is 374 g/mol. The van der Waals surface area contributed by atoms with Crippen LogP contribution in [0.4, 0.5) is 17.1 Å². The van der Waals surface area contributed by atoms with Crippen LogP contribution in [0.15, 0.2) is 73.1 Å². The van der Waals surface area contributed by atoms with Crippen LogP contribution < -0.4 is 16.0 Å². The van der Waals surface area contributed by atoms with E-state index in [2.05, 4.69) is 20.9 Å². The Labute approximate surface area is 161 Å². The number of amides is 3. The fourth-order valence-corrected chi connectivity index (χ4v) is 2.48. The van der Waals surface area contributed by atoms with Crippen molar-refractivity contribution in [2.24, 2.45) is 0 Å². The van der Waals surface area contributed by atoms with Crippen molar-refractivity contribution >= 4 is 34.8 Å². The second-order valence-electron chi connectivity index (χ2n) is 5.99. The van der Waals surface area contributed by atoms with Crippen LogP contribution in [-0.2, 0) is 4.79 Å². The van der Waals surface area contributed by atoms with Crippen LogP contribution in [0.2, 0.25) is 0 Å². The molecule has 0 bridgehead atoms. The Bertz CT molecular complexity index is 1000. The van der Waals surface area contributed by atoms with Crippen LogP contribution in [0.25, 0.3) is 0 Å². The maximum absolute atomic E-state index is 12.4. The van der Waals surface area contributed by atoms with E-state index in [4.69, 9.17) is 0 Å². The highest BCUT2D eigenvalue weighted by molar-refractivity contribution is 6.06. The molecule has 7 heteroatoms. The van der Waals surface area contributed by atoms with Gasteiger partial charge in [-0.25, -0.2) is 0 Å². The fourth-order valence-electron chi connectivity index (χ4n) is 2.48. The van der Waals surface area contributed by atoms with E-state index >= 15 is 0 Å². The second kappa shape index (κ2) is 8.59. The van der Waals surface area contributed by atoms with Crippen molar-refractivity contribution in [3.8, 4) is 0 Å². The van der Waals surface area contributed by atoms with E-state index in [1.54, 1.807) is 66.9 Å². The summed E-state index contributed by atoms with van der Waals surface area (Å²) in [5.74, 6) is -0.777. The molecule has 0 aliphatic rings. The smallest absolute Gasteiger partial charge is 0.257 e. The molecule has 7 nitrogen and oxygen atoms in total. The van der Waals surface area contributed by atoms with Crippen LogP contribution in [0, 0.1) is 0 Å². The molecule has 140 valence electrons. The highest BCUT2D eigenvalue weighted by atomic mass is 16.2. The fraction of sp³-hybridized carbons (Fsp3) is 0.0476. The summed E-state index contributed by atoms with van der Waals surface area (Å²) in [4.78, 5) is 39.6. The Morgan fingerprint density at radius 3 is 1.89 bits per heavy atom. The van der Waals surface area contributed by atoms with Crippen molar-refractivity contribution < 1.29 is 14.4 Å². The van der Waals surface area contributed by atoms with Gasteiger partial charge < -0.3 is 16.0 Å². The first-order chi connectivity index (χ1) is 13.5.